The van der Waals surface area contributed by atoms with Crippen LogP contribution in [0.4, 0.5) is 11.4 Å². The minimum atomic E-state index is 0.0216. The van der Waals surface area contributed by atoms with Gasteiger partial charge in [-0.3, -0.25) is 4.79 Å². The fraction of sp³-hybridized carbons (Fsp3) is 0.222. The van der Waals surface area contributed by atoms with Gasteiger partial charge in [0.25, 0.3) is 5.91 Å². The molecule has 1 heterocycles. The fourth-order valence-electron chi connectivity index (χ4n) is 5.00. The molecule has 3 aromatic rings. The highest BCUT2D eigenvalue weighted by molar-refractivity contribution is 6.30. The standard InChI is InChI=1S/C27H25ClN2O/c1-2-30(20-8-4-3-5-9-20)27(31)24-13-7-12-23-21-10-6-11-22(21)25(29-26(23)24)18-14-16-19(28)17-15-18/h3-10,12-17,21-22,25,29H,2,11H2,1H3. The van der Waals surface area contributed by atoms with Gasteiger partial charge in [0.15, 0.2) is 0 Å². The summed E-state index contributed by atoms with van der Waals surface area (Å²) in [5.74, 6) is 0.750. The molecule has 3 unspecified atom stereocenters. The second kappa shape index (κ2) is 8.24. The third kappa shape index (κ3) is 3.53. The smallest absolute Gasteiger partial charge is 0.260 e. The van der Waals surface area contributed by atoms with E-state index in [-0.39, 0.29) is 11.9 Å². The van der Waals surface area contributed by atoms with Crippen LogP contribution in [-0.4, -0.2) is 12.5 Å². The predicted molar refractivity (Wildman–Crippen MR) is 128 cm³/mol. The lowest BCUT2D eigenvalue weighted by atomic mass is 9.76. The van der Waals surface area contributed by atoms with E-state index in [1.807, 2.05) is 66.4 Å². The van der Waals surface area contributed by atoms with E-state index >= 15 is 0 Å². The van der Waals surface area contributed by atoms with Crippen LogP contribution in [0.5, 0.6) is 0 Å². The van der Waals surface area contributed by atoms with Crippen LogP contribution in [-0.2, 0) is 0 Å². The minimum absolute atomic E-state index is 0.0216. The molecule has 0 spiro atoms. The van der Waals surface area contributed by atoms with E-state index in [0.717, 1.165) is 28.4 Å². The summed E-state index contributed by atoms with van der Waals surface area (Å²) in [5, 5.41) is 4.49. The molecule has 4 heteroatoms. The number of carbonyl (C=O) groups excluding carboxylic acids is 1. The first-order chi connectivity index (χ1) is 15.2. The van der Waals surface area contributed by atoms with Crippen LogP contribution in [0.1, 0.15) is 46.8 Å². The Kier molecular flexibility index (Phi) is 5.29. The van der Waals surface area contributed by atoms with E-state index in [0.29, 0.717) is 18.4 Å². The van der Waals surface area contributed by atoms with E-state index in [9.17, 15) is 4.79 Å². The summed E-state index contributed by atoms with van der Waals surface area (Å²) in [6, 6.07) is 24.2. The third-order valence-corrected chi connectivity index (χ3v) is 6.74. The van der Waals surface area contributed by atoms with Gasteiger partial charge in [0.2, 0.25) is 0 Å². The van der Waals surface area contributed by atoms with Crippen LogP contribution in [0.15, 0.2) is 84.9 Å². The summed E-state index contributed by atoms with van der Waals surface area (Å²) >= 11 is 6.14. The summed E-state index contributed by atoms with van der Waals surface area (Å²) in [6.45, 7) is 2.62. The summed E-state index contributed by atoms with van der Waals surface area (Å²) in [7, 11) is 0. The number of rotatable bonds is 4. The zero-order chi connectivity index (χ0) is 21.4. The van der Waals surface area contributed by atoms with E-state index in [2.05, 4.69) is 35.7 Å². The van der Waals surface area contributed by atoms with Crippen molar-refractivity contribution in [1.82, 2.24) is 0 Å². The van der Waals surface area contributed by atoms with Gasteiger partial charge in [0.05, 0.1) is 17.3 Å². The molecule has 1 aliphatic carbocycles. The molecule has 0 saturated heterocycles. The van der Waals surface area contributed by atoms with Crippen molar-refractivity contribution in [1.29, 1.82) is 0 Å². The van der Waals surface area contributed by atoms with Crippen molar-refractivity contribution in [3.63, 3.8) is 0 Å². The third-order valence-electron chi connectivity index (χ3n) is 6.49. The Hall–Kier alpha value is -3.04. The van der Waals surface area contributed by atoms with Gasteiger partial charge in [0, 0.05) is 23.2 Å². The number of hydrogen-bond donors (Lipinski definition) is 1. The van der Waals surface area contributed by atoms with Gasteiger partial charge in [-0.1, -0.05) is 66.2 Å². The predicted octanol–water partition coefficient (Wildman–Crippen LogP) is 6.83. The first kappa shape index (κ1) is 19.9. The molecule has 0 fully saturated rings. The van der Waals surface area contributed by atoms with Crippen molar-refractivity contribution >= 4 is 28.9 Å². The van der Waals surface area contributed by atoms with E-state index in [1.165, 1.54) is 11.1 Å². The fourth-order valence-corrected chi connectivity index (χ4v) is 5.12. The highest BCUT2D eigenvalue weighted by Gasteiger charge is 2.39. The highest BCUT2D eigenvalue weighted by atomic mass is 35.5. The average molecular weight is 429 g/mol. The number of para-hydroxylation sites is 2. The Balaban J connectivity index is 1.57. The second-order valence-electron chi connectivity index (χ2n) is 8.18. The Labute approximate surface area is 188 Å². The quantitative estimate of drug-likeness (QED) is 0.461. The average Bonchev–Trinajstić information content (AvgIpc) is 3.30. The zero-order valence-corrected chi connectivity index (χ0v) is 18.2. The van der Waals surface area contributed by atoms with Gasteiger partial charge < -0.3 is 10.2 Å². The zero-order valence-electron chi connectivity index (χ0n) is 17.5. The van der Waals surface area contributed by atoms with Crippen LogP contribution in [0, 0.1) is 5.92 Å². The monoisotopic (exact) mass is 428 g/mol. The largest absolute Gasteiger partial charge is 0.377 e. The molecule has 3 nitrogen and oxygen atoms in total. The van der Waals surface area contributed by atoms with Crippen LogP contribution >= 0.6 is 11.6 Å². The lowest BCUT2D eigenvalue weighted by molar-refractivity contribution is 0.0988. The molecule has 3 atom stereocenters. The molecular weight excluding hydrogens is 404 g/mol. The molecule has 3 aromatic carbocycles. The van der Waals surface area contributed by atoms with E-state index < -0.39 is 0 Å². The van der Waals surface area contributed by atoms with E-state index in [1.54, 1.807) is 0 Å². The highest BCUT2D eigenvalue weighted by Crippen LogP contribution is 2.50. The normalized spacial score (nSPS) is 21.2. The number of anilines is 2. The maximum Gasteiger partial charge on any atom is 0.260 e. The summed E-state index contributed by atoms with van der Waals surface area (Å²) in [4.78, 5) is 15.5. The Morgan fingerprint density at radius 2 is 1.81 bits per heavy atom. The number of nitrogens with one attached hydrogen (secondary N) is 1. The van der Waals surface area contributed by atoms with E-state index in [4.69, 9.17) is 11.6 Å². The minimum Gasteiger partial charge on any atom is -0.377 e. The number of carbonyl (C=O) groups is 1. The SMILES string of the molecule is CCN(C(=O)c1cccc2c1NC(c1ccc(Cl)cc1)C1CC=CC21)c1ccccc1. The number of nitrogens with zero attached hydrogens (tertiary/aromatic N) is 1. The molecule has 156 valence electrons. The molecule has 1 amide bonds. The number of amides is 1. The lowest BCUT2D eigenvalue weighted by Gasteiger charge is -2.38. The van der Waals surface area contributed by atoms with Crippen LogP contribution in [0.3, 0.4) is 0 Å². The topological polar surface area (TPSA) is 32.3 Å². The van der Waals surface area contributed by atoms with Gasteiger partial charge in [0.1, 0.15) is 0 Å². The van der Waals surface area contributed by atoms with Crippen molar-refractivity contribution in [2.45, 2.75) is 25.3 Å². The van der Waals surface area contributed by atoms with Crippen LogP contribution < -0.4 is 10.2 Å². The van der Waals surface area contributed by atoms with Gasteiger partial charge in [-0.15, -0.1) is 0 Å². The number of fused-ring (bicyclic) bond motifs is 3. The molecule has 0 aromatic heterocycles. The molecule has 0 radical (unpaired) electrons. The number of allylic oxidation sites excluding steroid dienone is 2. The first-order valence-electron chi connectivity index (χ1n) is 10.9. The molecule has 31 heavy (non-hydrogen) atoms. The lowest BCUT2D eigenvalue weighted by Crippen LogP contribution is -2.34. The Morgan fingerprint density at radius 3 is 2.55 bits per heavy atom. The van der Waals surface area contributed by atoms with Gasteiger partial charge >= 0.3 is 0 Å². The molecule has 0 saturated carbocycles. The maximum atomic E-state index is 13.7. The summed E-state index contributed by atoms with van der Waals surface area (Å²) in [5.41, 5.74) is 5.00. The molecule has 2 aliphatic rings. The van der Waals surface area contributed by atoms with Gasteiger partial charge in [-0.2, -0.15) is 0 Å². The number of hydrogen-bond acceptors (Lipinski definition) is 2. The second-order valence-corrected chi connectivity index (χ2v) is 8.62. The molecule has 5 rings (SSSR count). The van der Waals surface area contributed by atoms with Crippen molar-refractivity contribution in [2.75, 3.05) is 16.8 Å². The Bertz CT molecular complexity index is 1120. The first-order valence-corrected chi connectivity index (χ1v) is 11.2. The van der Waals surface area contributed by atoms with Crippen LogP contribution in [0.2, 0.25) is 5.02 Å². The maximum absolute atomic E-state index is 13.7. The van der Waals surface area contributed by atoms with Crippen molar-refractivity contribution < 1.29 is 4.79 Å². The van der Waals surface area contributed by atoms with Crippen molar-refractivity contribution in [3.8, 4) is 0 Å². The van der Waals surface area contributed by atoms with Gasteiger partial charge in [-0.05, 0) is 60.7 Å². The van der Waals surface area contributed by atoms with Crippen LogP contribution in [0.25, 0.3) is 0 Å². The molecule has 1 N–H and O–H groups in total. The summed E-state index contributed by atoms with van der Waals surface area (Å²) in [6.07, 6.45) is 5.59. The number of benzene rings is 3. The number of halogens is 1. The summed E-state index contributed by atoms with van der Waals surface area (Å²) < 4.78 is 0. The Morgan fingerprint density at radius 1 is 1.03 bits per heavy atom. The molecule has 0 bridgehead atoms. The molecular formula is C27H25ClN2O. The van der Waals surface area contributed by atoms with Gasteiger partial charge in [-0.25, -0.2) is 0 Å². The molecule has 1 aliphatic heterocycles. The van der Waals surface area contributed by atoms with Crippen molar-refractivity contribution in [2.24, 2.45) is 5.92 Å². The van der Waals surface area contributed by atoms with Crippen molar-refractivity contribution in [3.05, 3.63) is 107 Å².